The van der Waals surface area contributed by atoms with E-state index in [1.165, 1.54) is 0 Å². The summed E-state index contributed by atoms with van der Waals surface area (Å²) in [7, 11) is 1.97. The van der Waals surface area contributed by atoms with Crippen molar-refractivity contribution in [1.82, 2.24) is 9.97 Å². The maximum atomic E-state index is 9.35. The van der Waals surface area contributed by atoms with E-state index in [-0.39, 0.29) is 6.10 Å². The van der Waals surface area contributed by atoms with Gasteiger partial charge in [0.05, 0.1) is 6.10 Å². The van der Waals surface area contributed by atoms with Gasteiger partial charge >= 0.3 is 0 Å². The molecule has 1 aromatic heterocycles. The normalized spacial score (nSPS) is 20.3. The van der Waals surface area contributed by atoms with E-state index < -0.39 is 0 Å². The fourth-order valence-corrected chi connectivity index (χ4v) is 2.65. The number of aliphatic hydroxyl groups excluding tert-OH is 1. The highest BCUT2D eigenvalue weighted by Gasteiger charge is 2.28. The second kappa shape index (κ2) is 6.75. The molecule has 3 rings (SSSR count). The molecule has 22 heavy (non-hydrogen) atoms. The molecule has 0 aliphatic heterocycles. The average molecular weight is 299 g/mol. The number of hydrogen-bond donors (Lipinski definition) is 1. The molecule has 0 unspecified atom stereocenters. The minimum Gasteiger partial charge on any atom is -0.473 e. The number of aromatic nitrogens is 2. The molecule has 0 radical (unpaired) electrons. The van der Waals surface area contributed by atoms with Crippen LogP contribution in [0.3, 0.4) is 0 Å². The summed E-state index contributed by atoms with van der Waals surface area (Å²) in [5.41, 5.74) is 1.11. The lowest BCUT2D eigenvalue weighted by Crippen LogP contribution is -2.37. The molecule has 0 bridgehead atoms. The van der Waals surface area contributed by atoms with Gasteiger partial charge in [0.25, 0.3) is 0 Å². The van der Waals surface area contributed by atoms with Crippen LogP contribution in [0.4, 0.5) is 5.95 Å². The van der Waals surface area contributed by atoms with E-state index in [2.05, 4.69) is 9.97 Å². The molecule has 1 saturated carbocycles. The van der Waals surface area contributed by atoms with Crippen LogP contribution in [-0.4, -0.2) is 34.8 Å². The Hall–Kier alpha value is -2.14. The van der Waals surface area contributed by atoms with Crippen molar-refractivity contribution in [2.24, 2.45) is 5.92 Å². The van der Waals surface area contributed by atoms with E-state index in [0.717, 1.165) is 24.9 Å². The van der Waals surface area contributed by atoms with Crippen LogP contribution < -0.4 is 9.64 Å². The van der Waals surface area contributed by atoms with Crippen molar-refractivity contribution in [2.75, 3.05) is 18.5 Å². The summed E-state index contributed by atoms with van der Waals surface area (Å²) in [5.74, 6) is 1.76. The largest absolute Gasteiger partial charge is 0.473 e. The predicted molar refractivity (Wildman–Crippen MR) is 84.8 cm³/mol. The van der Waals surface area contributed by atoms with Crippen LogP contribution in [0.2, 0.25) is 0 Å². The molecule has 1 heterocycles. The molecule has 1 aliphatic carbocycles. The lowest BCUT2D eigenvalue weighted by molar-refractivity contribution is 0.0463. The highest BCUT2D eigenvalue weighted by atomic mass is 16.5. The number of anilines is 1. The molecule has 2 aromatic rings. The third-order valence-corrected chi connectivity index (χ3v) is 3.93. The van der Waals surface area contributed by atoms with Gasteiger partial charge in [-0.1, -0.05) is 30.3 Å². The predicted octanol–water partition coefficient (Wildman–Crippen LogP) is 2.26. The number of aliphatic hydroxyl groups is 1. The van der Waals surface area contributed by atoms with Crippen LogP contribution in [0.25, 0.3) is 0 Å². The van der Waals surface area contributed by atoms with Crippen LogP contribution in [0.5, 0.6) is 5.88 Å². The summed E-state index contributed by atoms with van der Waals surface area (Å²) in [4.78, 5) is 10.8. The van der Waals surface area contributed by atoms with Crippen molar-refractivity contribution in [3.8, 4) is 5.88 Å². The third kappa shape index (κ3) is 3.74. The van der Waals surface area contributed by atoms with E-state index in [9.17, 15) is 5.11 Å². The Morgan fingerprint density at radius 2 is 2.00 bits per heavy atom. The summed E-state index contributed by atoms with van der Waals surface area (Å²) in [6, 6.07) is 11.8. The second-order valence-electron chi connectivity index (χ2n) is 5.84. The van der Waals surface area contributed by atoms with E-state index in [1.807, 2.05) is 42.3 Å². The Labute approximate surface area is 130 Å². The van der Waals surface area contributed by atoms with Gasteiger partial charge in [0, 0.05) is 25.9 Å². The molecular weight excluding hydrogens is 278 g/mol. The zero-order chi connectivity index (χ0) is 15.4. The van der Waals surface area contributed by atoms with Crippen LogP contribution >= 0.6 is 0 Å². The monoisotopic (exact) mass is 299 g/mol. The van der Waals surface area contributed by atoms with Gasteiger partial charge in [-0.2, -0.15) is 4.98 Å². The fourth-order valence-electron chi connectivity index (χ4n) is 2.65. The second-order valence-corrected chi connectivity index (χ2v) is 5.84. The summed E-state index contributed by atoms with van der Waals surface area (Å²) >= 11 is 0. The molecule has 0 amide bonds. The molecule has 1 aromatic carbocycles. The number of benzene rings is 1. The highest BCUT2D eigenvalue weighted by Crippen LogP contribution is 2.28. The SMILES string of the molecule is CN(CC1CC(O)C1)c1nccc(OCc2ccccc2)n1. The molecule has 0 saturated heterocycles. The van der Waals surface area contributed by atoms with Gasteiger partial charge in [0.1, 0.15) is 6.61 Å². The molecule has 1 fully saturated rings. The molecule has 0 spiro atoms. The quantitative estimate of drug-likeness (QED) is 0.886. The topological polar surface area (TPSA) is 58.5 Å². The number of ether oxygens (including phenoxy) is 1. The molecule has 0 atom stereocenters. The lowest BCUT2D eigenvalue weighted by atomic mass is 9.82. The number of hydrogen-bond acceptors (Lipinski definition) is 5. The van der Waals surface area contributed by atoms with Crippen molar-refractivity contribution < 1.29 is 9.84 Å². The van der Waals surface area contributed by atoms with Crippen molar-refractivity contribution >= 4 is 5.95 Å². The fraction of sp³-hybridized carbons (Fsp3) is 0.412. The first kappa shape index (κ1) is 14.8. The maximum Gasteiger partial charge on any atom is 0.228 e. The zero-order valence-corrected chi connectivity index (χ0v) is 12.7. The van der Waals surface area contributed by atoms with Crippen LogP contribution in [-0.2, 0) is 6.61 Å². The van der Waals surface area contributed by atoms with Crippen LogP contribution in [0, 0.1) is 5.92 Å². The summed E-state index contributed by atoms with van der Waals surface area (Å²) < 4.78 is 5.73. The van der Waals surface area contributed by atoms with E-state index in [0.29, 0.717) is 24.4 Å². The van der Waals surface area contributed by atoms with E-state index in [4.69, 9.17) is 4.74 Å². The van der Waals surface area contributed by atoms with Gasteiger partial charge in [-0.25, -0.2) is 4.98 Å². The van der Waals surface area contributed by atoms with Gasteiger partial charge in [-0.3, -0.25) is 0 Å². The van der Waals surface area contributed by atoms with Gasteiger partial charge in [-0.15, -0.1) is 0 Å². The molecule has 5 heteroatoms. The number of rotatable bonds is 6. The van der Waals surface area contributed by atoms with Crippen LogP contribution in [0.15, 0.2) is 42.6 Å². The smallest absolute Gasteiger partial charge is 0.228 e. The first-order chi connectivity index (χ1) is 10.7. The average Bonchev–Trinajstić information content (AvgIpc) is 2.53. The Morgan fingerprint density at radius 1 is 1.23 bits per heavy atom. The molecule has 116 valence electrons. The first-order valence-electron chi connectivity index (χ1n) is 7.59. The Bertz CT molecular complexity index is 600. The molecule has 1 N–H and O–H groups in total. The molecular formula is C17H21N3O2. The molecule has 5 nitrogen and oxygen atoms in total. The minimum absolute atomic E-state index is 0.125. The van der Waals surface area contributed by atoms with Gasteiger partial charge in [-0.05, 0) is 24.3 Å². The molecule has 1 aliphatic rings. The zero-order valence-electron chi connectivity index (χ0n) is 12.7. The highest BCUT2D eigenvalue weighted by molar-refractivity contribution is 5.31. The Morgan fingerprint density at radius 3 is 2.73 bits per heavy atom. The van der Waals surface area contributed by atoms with Gasteiger partial charge < -0.3 is 14.7 Å². The van der Waals surface area contributed by atoms with Crippen molar-refractivity contribution in [3.05, 3.63) is 48.2 Å². The van der Waals surface area contributed by atoms with Gasteiger partial charge in [0.15, 0.2) is 0 Å². The number of nitrogens with zero attached hydrogens (tertiary/aromatic N) is 3. The van der Waals surface area contributed by atoms with Crippen LogP contribution in [0.1, 0.15) is 18.4 Å². The van der Waals surface area contributed by atoms with E-state index >= 15 is 0 Å². The minimum atomic E-state index is -0.125. The summed E-state index contributed by atoms with van der Waals surface area (Å²) in [5, 5.41) is 9.35. The van der Waals surface area contributed by atoms with E-state index in [1.54, 1.807) is 12.3 Å². The Balaban J connectivity index is 1.57. The maximum absolute atomic E-state index is 9.35. The lowest BCUT2D eigenvalue weighted by Gasteiger charge is -2.34. The third-order valence-electron chi connectivity index (χ3n) is 3.93. The summed E-state index contributed by atoms with van der Waals surface area (Å²) in [6.07, 6.45) is 3.33. The Kier molecular flexibility index (Phi) is 4.53. The standard InChI is InChI=1S/C17H21N3O2/c1-20(11-14-9-15(21)10-14)17-18-8-7-16(19-17)22-12-13-5-3-2-4-6-13/h2-8,14-15,21H,9-12H2,1H3. The van der Waals surface area contributed by atoms with Crippen molar-refractivity contribution in [3.63, 3.8) is 0 Å². The van der Waals surface area contributed by atoms with Crippen molar-refractivity contribution in [1.29, 1.82) is 0 Å². The van der Waals surface area contributed by atoms with Crippen molar-refractivity contribution in [2.45, 2.75) is 25.6 Å². The van der Waals surface area contributed by atoms with Gasteiger partial charge in [0.2, 0.25) is 11.8 Å². The first-order valence-corrected chi connectivity index (χ1v) is 7.59. The summed E-state index contributed by atoms with van der Waals surface area (Å²) in [6.45, 7) is 1.36.